The zero-order valence-corrected chi connectivity index (χ0v) is 8.79. The van der Waals surface area contributed by atoms with E-state index < -0.39 is 0 Å². The van der Waals surface area contributed by atoms with Crippen LogP contribution in [0.2, 0.25) is 0 Å². The molecule has 74 valence electrons. The molecule has 0 spiro atoms. The van der Waals surface area contributed by atoms with Crippen LogP contribution in [-0.4, -0.2) is 6.61 Å². The van der Waals surface area contributed by atoms with E-state index >= 15 is 0 Å². The number of hydrogen-bond donors (Lipinski definition) is 0. The molecule has 0 N–H and O–H groups in total. The van der Waals surface area contributed by atoms with Gasteiger partial charge in [-0.1, -0.05) is 32.0 Å². The molecule has 14 heavy (non-hydrogen) atoms. The van der Waals surface area contributed by atoms with E-state index in [9.17, 15) is 0 Å². The van der Waals surface area contributed by atoms with E-state index in [1.807, 2.05) is 18.2 Å². The summed E-state index contributed by atoms with van der Waals surface area (Å²) in [7, 11) is 0. The fraction of sp³-hybridized carbons (Fsp3) is 0.385. The Labute approximate surface area is 86.1 Å². The predicted molar refractivity (Wildman–Crippen MR) is 59.5 cm³/mol. The summed E-state index contributed by atoms with van der Waals surface area (Å²) >= 11 is 0. The van der Waals surface area contributed by atoms with E-state index in [-0.39, 0.29) is 0 Å². The molecule has 0 aliphatic heterocycles. The largest absolute Gasteiger partial charge is 0.492 e. The Kier molecular flexibility index (Phi) is 4.07. The van der Waals surface area contributed by atoms with Crippen molar-refractivity contribution in [2.24, 2.45) is 0 Å². The molecule has 1 rings (SSSR count). The van der Waals surface area contributed by atoms with Crippen LogP contribution in [0.3, 0.4) is 0 Å². The minimum atomic E-state index is 0.483. The van der Waals surface area contributed by atoms with Gasteiger partial charge in [0.05, 0.1) is 6.61 Å². The van der Waals surface area contributed by atoms with Gasteiger partial charge in [-0.3, -0.25) is 0 Å². The van der Waals surface area contributed by atoms with Crippen molar-refractivity contribution in [1.82, 2.24) is 0 Å². The monoisotopic (exact) mass is 188 g/mol. The minimum absolute atomic E-state index is 0.483. The van der Waals surface area contributed by atoms with Crippen molar-refractivity contribution in [1.29, 1.82) is 0 Å². The third-order valence-electron chi connectivity index (χ3n) is 2.04. The second kappa shape index (κ2) is 5.34. The van der Waals surface area contributed by atoms with Crippen LogP contribution in [0.4, 0.5) is 0 Å². The number of para-hydroxylation sites is 1. The Morgan fingerprint density at radius 2 is 2.07 bits per heavy atom. The molecule has 0 amide bonds. The fourth-order valence-corrected chi connectivity index (χ4v) is 1.31. The Morgan fingerprint density at radius 3 is 2.71 bits per heavy atom. The minimum Gasteiger partial charge on any atom is -0.492 e. The lowest BCUT2D eigenvalue weighted by molar-refractivity contribution is 0.322. The molecule has 0 unspecified atom stereocenters. The smallest absolute Gasteiger partial charge is 0.122 e. The maximum atomic E-state index is 5.60. The number of terminal acetylenes is 1. The van der Waals surface area contributed by atoms with Crippen LogP contribution >= 0.6 is 0 Å². The van der Waals surface area contributed by atoms with Crippen molar-refractivity contribution in [2.45, 2.75) is 26.2 Å². The van der Waals surface area contributed by atoms with Crippen LogP contribution in [0, 0.1) is 12.3 Å². The van der Waals surface area contributed by atoms with Gasteiger partial charge in [0.1, 0.15) is 5.75 Å². The normalized spacial score (nSPS) is 9.86. The average Bonchev–Trinajstić information content (AvgIpc) is 2.19. The Balaban J connectivity index is 2.70. The summed E-state index contributed by atoms with van der Waals surface area (Å²) < 4.78 is 5.60. The van der Waals surface area contributed by atoms with E-state index in [1.54, 1.807) is 0 Å². The van der Waals surface area contributed by atoms with E-state index in [1.165, 1.54) is 5.56 Å². The van der Waals surface area contributed by atoms with Gasteiger partial charge in [-0.05, 0) is 17.5 Å². The fourth-order valence-electron chi connectivity index (χ4n) is 1.31. The molecule has 0 saturated heterocycles. The lowest BCUT2D eigenvalue weighted by Crippen LogP contribution is -2.00. The number of benzene rings is 1. The molecular formula is C13H16O. The second-order valence-corrected chi connectivity index (χ2v) is 3.50. The van der Waals surface area contributed by atoms with Crippen molar-refractivity contribution < 1.29 is 4.74 Å². The summed E-state index contributed by atoms with van der Waals surface area (Å²) in [6, 6.07) is 8.10. The molecule has 0 aliphatic carbocycles. The van der Waals surface area contributed by atoms with E-state index in [0.29, 0.717) is 18.9 Å². The maximum Gasteiger partial charge on any atom is 0.122 e. The number of rotatable bonds is 4. The third kappa shape index (κ3) is 2.81. The quantitative estimate of drug-likeness (QED) is 0.520. The molecule has 1 nitrogen and oxygen atoms in total. The number of hydrogen-bond acceptors (Lipinski definition) is 1. The second-order valence-electron chi connectivity index (χ2n) is 3.50. The SMILES string of the molecule is C#CCCOc1ccccc1C(C)C. The van der Waals surface area contributed by atoms with Gasteiger partial charge in [-0.2, -0.15) is 0 Å². The van der Waals surface area contributed by atoms with Gasteiger partial charge in [0.25, 0.3) is 0 Å². The summed E-state index contributed by atoms with van der Waals surface area (Å²) in [6.07, 6.45) is 5.82. The van der Waals surface area contributed by atoms with Crippen LogP contribution in [0.15, 0.2) is 24.3 Å². The molecule has 0 bridgehead atoms. The molecule has 0 atom stereocenters. The van der Waals surface area contributed by atoms with Crippen LogP contribution in [0.1, 0.15) is 31.7 Å². The van der Waals surface area contributed by atoms with Gasteiger partial charge in [0, 0.05) is 6.42 Å². The van der Waals surface area contributed by atoms with Crippen molar-refractivity contribution in [3.05, 3.63) is 29.8 Å². The van der Waals surface area contributed by atoms with Crippen molar-refractivity contribution >= 4 is 0 Å². The topological polar surface area (TPSA) is 9.23 Å². The Bertz CT molecular complexity index is 320. The molecule has 1 heteroatoms. The highest BCUT2D eigenvalue weighted by Gasteiger charge is 2.05. The molecular weight excluding hydrogens is 172 g/mol. The van der Waals surface area contributed by atoms with E-state index in [0.717, 1.165) is 5.75 Å². The summed E-state index contributed by atoms with van der Waals surface area (Å²) in [5, 5.41) is 0. The van der Waals surface area contributed by atoms with Gasteiger partial charge in [-0.15, -0.1) is 12.3 Å². The van der Waals surface area contributed by atoms with Crippen LogP contribution in [0.5, 0.6) is 5.75 Å². The van der Waals surface area contributed by atoms with Crippen LogP contribution < -0.4 is 4.74 Å². The molecule has 0 heterocycles. The highest BCUT2D eigenvalue weighted by Crippen LogP contribution is 2.25. The van der Waals surface area contributed by atoms with Gasteiger partial charge < -0.3 is 4.74 Å². The summed E-state index contributed by atoms with van der Waals surface area (Å²) in [5.41, 5.74) is 1.24. The van der Waals surface area contributed by atoms with Crippen molar-refractivity contribution in [2.75, 3.05) is 6.61 Å². The zero-order chi connectivity index (χ0) is 10.4. The molecule has 0 aromatic heterocycles. The summed E-state index contributed by atoms with van der Waals surface area (Å²) in [4.78, 5) is 0. The Hall–Kier alpha value is -1.42. The molecule has 0 saturated carbocycles. The predicted octanol–water partition coefficient (Wildman–Crippen LogP) is 3.21. The standard InChI is InChI=1S/C13H16O/c1-4-5-10-14-13-9-7-6-8-12(13)11(2)3/h1,6-9,11H,5,10H2,2-3H3. The summed E-state index contributed by atoms with van der Waals surface area (Å²) in [6.45, 7) is 4.91. The van der Waals surface area contributed by atoms with Crippen LogP contribution in [-0.2, 0) is 0 Å². The third-order valence-corrected chi connectivity index (χ3v) is 2.04. The van der Waals surface area contributed by atoms with Gasteiger partial charge in [0.15, 0.2) is 0 Å². The van der Waals surface area contributed by atoms with Gasteiger partial charge >= 0.3 is 0 Å². The number of ether oxygens (including phenoxy) is 1. The first-order chi connectivity index (χ1) is 6.75. The van der Waals surface area contributed by atoms with Gasteiger partial charge in [0.2, 0.25) is 0 Å². The zero-order valence-electron chi connectivity index (χ0n) is 8.79. The Morgan fingerprint density at radius 1 is 1.36 bits per heavy atom. The maximum absolute atomic E-state index is 5.60. The van der Waals surface area contributed by atoms with E-state index in [4.69, 9.17) is 11.2 Å². The van der Waals surface area contributed by atoms with Gasteiger partial charge in [-0.25, -0.2) is 0 Å². The highest BCUT2D eigenvalue weighted by atomic mass is 16.5. The van der Waals surface area contributed by atoms with E-state index in [2.05, 4.69) is 25.8 Å². The lowest BCUT2D eigenvalue weighted by atomic mass is 10.0. The molecule has 1 aromatic rings. The first kappa shape index (κ1) is 10.7. The first-order valence-corrected chi connectivity index (χ1v) is 4.91. The van der Waals surface area contributed by atoms with Crippen molar-refractivity contribution in [3.8, 4) is 18.1 Å². The molecule has 0 aliphatic rings. The summed E-state index contributed by atoms with van der Waals surface area (Å²) in [5.74, 6) is 4.00. The average molecular weight is 188 g/mol. The molecule has 0 radical (unpaired) electrons. The molecule has 1 aromatic carbocycles. The molecule has 0 fully saturated rings. The highest BCUT2D eigenvalue weighted by molar-refractivity contribution is 5.35. The van der Waals surface area contributed by atoms with Crippen molar-refractivity contribution in [3.63, 3.8) is 0 Å². The lowest BCUT2D eigenvalue weighted by Gasteiger charge is -2.12. The van der Waals surface area contributed by atoms with Crippen LogP contribution in [0.25, 0.3) is 0 Å². The first-order valence-electron chi connectivity index (χ1n) is 4.91.